The Balaban J connectivity index is 2.57. The number of nitrogens with zero attached hydrogens (tertiary/aromatic N) is 3. The number of nitriles is 1. The molecule has 0 heterocycles. The normalized spacial score (nSPS) is 10.8. The SMILES string of the molecule is CCOC(=O)CN(c1ccc(CC#N)cc1)S(=O)(=O)c1cc([N+](=O)[O-])ccc1C. The number of nitro groups is 1. The van der Waals surface area contributed by atoms with E-state index in [1.54, 1.807) is 19.1 Å². The van der Waals surface area contributed by atoms with E-state index in [-0.39, 0.29) is 29.3 Å². The maximum Gasteiger partial charge on any atom is 0.326 e. The number of nitro benzene ring substituents is 1. The minimum absolute atomic E-state index is 0.0731. The molecule has 0 N–H and O–H groups in total. The maximum atomic E-state index is 13.3. The molecule has 29 heavy (non-hydrogen) atoms. The molecular weight excluding hydrogens is 398 g/mol. The molecular formula is C19H19N3O6S. The van der Waals surface area contributed by atoms with E-state index in [1.807, 2.05) is 6.07 Å². The summed E-state index contributed by atoms with van der Waals surface area (Å²) in [6.07, 6.45) is 0.148. The number of esters is 1. The van der Waals surface area contributed by atoms with Crippen molar-refractivity contribution in [1.29, 1.82) is 5.26 Å². The summed E-state index contributed by atoms with van der Waals surface area (Å²) in [5.41, 5.74) is 0.766. The summed E-state index contributed by atoms with van der Waals surface area (Å²) in [6, 6.07) is 11.6. The van der Waals surface area contributed by atoms with Crippen molar-refractivity contribution in [2.75, 3.05) is 17.5 Å². The molecule has 0 aliphatic heterocycles. The van der Waals surface area contributed by atoms with Gasteiger partial charge in [0.25, 0.3) is 15.7 Å². The molecule has 152 valence electrons. The van der Waals surface area contributed by atoms with E-state index in [2.05, 4.69) is 0 Å². The molecule has 9 nitrogen and oxygen atoms in total. The van der Waals surface area contributed by atoms with Crippen LogP contribution in [0.2, 0.25) is 0 Å². The Morgan fingerprint density at radius 2 is 1.90 bits per heavy atom. The molecule has 10 heteroatoms. The van der Waals surface area contributed by atoms with Crippen molar-refractivity contribution in [1.82, 2.24) is 0 Å². The van der Waals surface area contributed by atoms with Gasteiger partial charge in [-0.25, -0.2) is 8.42 Å². The van der Waals surface area contributed by atoms with Crippen molar-refractivity contribution in [3.05, 3.63) is 63.7 Å². The second-order valence-corrected chi connectivity index (χ2v) is 7.86. The molecule has 2 rings (SSSR count). The standard InChI is InChI=1S/C19H19N3O6S/c1-3-28-19(23)13-21(16-8-5-15(6-9-16)10-11-20)29(26,27)18-12-17(22(24)25)7-4-14(18)2/h4-9,12H,3,10,13H2,1-2H3. The Hall–Kier alpha value is -3.45. The van der Waals surface area contributed by atoms with Gasteiger partial charge in [0.15, 0.2) is 0 Å². The lowest BCUT2D eigenvalue weighted by Gasteiger charge is -2.24. The summed E-state index contributed by atoms with van der Waals surface area (Å²) in [7, 11) is -4.32. The second-order valence-electron chi connectivity index (χ2n) is 6.02. The molecule has 0 amide bonds. The number of carbonyl (C=O) groups is 1. The van der Waals surface area contributed by atoms with Crippen LogP contribution in [0.25, 0.3) is 0 Å². The molecule has 0 bridgehead atoms. The van der Waals surface area contributed by atoms with Gasteiger partial charge in [0, 0.05) is 12.1 Å². The third kappa shape index (κ3) is 5.08. The van der Waals surface area contributed by atoms with Gasteiger partial charge in [-0.3, -0.25) is 19.2 Å². The van der Waals surface area contributed by atoms with Gasteiger partial charge in [-0.05, 0) is 37.1 Å². The molecule has 0 unspecified atom stereocenters. The van der Waals surface area contributed by atoms with Crippen LogP contribution in [0.5, 0.6) is 0 Å². The Kier molecular flexibility index (Phi) is 6.90. The maximum absolute atomic E-state index is 13.3. The zero-order valence-corrected chi connectivity index (χ0v) is 16.7. The molecule has 2 aromatic carbocycles. The fraction of sp³-hybridized carbons (Fsp3) is 0.263. The Morgan fingerprint density at radius 1 is 1.24 bits per heavy atom. The monoisotopic (exact) mass is 417 g/mol. The predicted octanol–water partition coefficient (Wildman–Crippen LogP) is 2.73. The van der Waals surface area contributed by atoms with Crippen LogP contribution in [0.4, 0.5) is 11.4 Å². The fourth-order valence-electron chi connectivity index (χ4n) is 2.61. The lowest BCUT2D eigenvalue weighted by atomic mass is 10.1. The number of non-ortho nitro benzene ring substituents is 1. The van der Waals surface area contributed by atoms with E-state index < -0.39 is 27.5 Å². The predicted molar refractivity (Wildman–Crippen MR) is 105 cm³/mol. The average Bonchev–Trinajstić information content (AvgIpc) is 2.67. The molecule has 0 fully saturated rings. The molecule has 2 aromatic rings. The average molecular weight is 417 g/mol. The van der Waals surface area contributed by atoms with Crippen LogP contribution in [0.3, 0.4) is 0 Å². The summed E-state index contributed by atoms with van der Waals surface area (Å²) < 4.78 is 32.4. The van der Waals surface area contributed by atoms with Gasteiger partial charge in [0.05, 0.1) is 34.6 Å². The number of hydrogen-bond donors (Lipinski definition) is 0. The zero-order chi connectivity index (χ0) is 21.6. The highest BCUT2D eigenvalue weighted by Gasteiger charge is 2.30. The first kappa shape index (κ1) is 21.8. The van der Waals surface area contributed by atoms with Crippen molar-refractivity contribution >= 4 is 27.4 Å². The minimum atomic E-state index is -4.32. The highest BCUT2D eigenvalue weighted by atomic mass is 32.2. The topological polar surface area (TPSA) is 131 Å². The van der Waals surface area contributed by atoms with Gasteiger partial charge in [-0.1, -0.05) is 18.2 Å². The summed E-state index contributed by atoms with van der Waals surface area (Å²) in [5.74, 6) is -0.764. The quantitative estimate of drug-likeness (QED) is 0.366. The van der Waals surface area contributed by atoms with E-state index in [0.717, 1.165) is 10.4 Å². The van der Waals surface area contributed by atoms with Crippen LogP contribution >= 0.6 is 0 Å². The Bertz CT molecular complexity index is 1060. The van der Waals surface area contributed by atoms with E-state index >= 15 is 0 Å². The lowest BCUT2D eigenvalue weighted by molar-refractivity contribution is -0.385. The number of ether oxygens (including phenoxy) is 1. The molecule has 0 spiro atoms. The molecule has 0 saturated carbocycles. The van der Waals surface area contributed by atoms with Gasteiger partial charge in [-0.2, -0.15) is 5.26 Å². The third-order valence-electron chi connectivity index (χ3n) is 4.04. The van der Waals surface area contributed by atoms with Crippen LogP contribution < -0.4 is 4.31 Å². The third-order valence-corrected chi connectivity index (χ3v) is 5.95. The van der Waals surface area contributed by atoms with Gasteiger partial charge < -0.3 is 4.74 Å². The summed E-state index contributed by atoms with van der Waals surface area (Å²) in [5, 5.41) is 19.9. The van der Waals surface area contributed by atoms with Crippen molar-refractivity contribution in [3.63, 3.8) is 0 Å². The van der Waals surface area contributed by atoms with Crippen molar-refractivity contribution < 1.29 is 22.9 Å². The number of hydrogen-bond acceptors (Lipinski definition) is 7. The van der Waals surface area contributed by atoms with Crippen LogP contribution in [-0.2, 0) is 26.0 Å². The molecule has 0 saturated heterocycles. The first-order chi connectivity index (χ1) is 13.7. The number of sulfonamides is 1. The summed E-state index contributed by atoms with van der Waals surface area (Å²) >= 11 is 0. The number of anilines is 1. The van der Waals surface area contributed by atoms with Crippen molar-refractivity contribution in [2.45, 2.75) is 25.2 Å². The molecule has 0 aromatic heterocycles. The highest BCUT2D eigenvalue weighted by molar-refractivity contribution is 7.93. The zero-order valence-electron chi connectivity index (χ0n) is 15.9. The first-order valence-corrected chi connectivity index (χ1v) is 10.0. The Labute approximate surface area is 168 Å². The Morgan fingerprint density at radius 3 is 2.45 bits per heavy atom. The van der Waals surface area contributed by atoms with Gasteiger partial charge in [-0.15, -0.1) is 0 Å². The molecule has 0 aliphatic carbocycles. The van der Waals surface area contributed by atoms with Crippen LogP contribution in [0.1, 0.15) is 18.1 Å². The lowest BCUT2D eigenvalue weighted by Crippen LogP contribution is -2.37. The smallest absolute Gasteiger partial charge is 0.326 e. The summed E-state index contributed by atoms with van der Waals surface area (Å²) in [4.78, 5) is 22.2. The van der Waals surface area contributed by atoms with Crippen LogP contribution in [0.15, 0.2) is 47.4 Å². The van der Waals surface area contributed by atoms with E-state index in [4.69, 9.17) is 10.00 Å². The van der Waals surface area contributed by atoms with Gasteiger partial charge >= 0.3 is 5.97 Å². The van der Waals surface area contributed by atoms with E-state index in [1.165, 1.54) is 31.2 Å². The molecule has 0 aliphatic rings. The molecule has 0 radical (unpaired) electrons. The van der Waals surface area contributed by atoms with Crippen LogP contribution in [0, 0.1) is 28.4 Å². The second kappa shape index (κ2) is 9.16. The fourth-order valence-corrected chi connectivity index (χ4v) is 4.27. The van der Waals surface area contributed by atoms with Gasteiger partial charge in [0.2, 0.25) is 0 Å². The summed E-state index contributed by atoms with van der Waals surface area (Å²) in [6.45, 7) is 2.58. The van der Waals surface area contributed by atoms with Crippen LogP contribution in [-0.4, -0.2) is 32.5 Å². The van der Waals surface area contributed by atoms with Gasteiger partial charge in [0.1, 0.15) is 6.54 Å². The largest absolute Gasteiger partial charge is 0.465 e. The van der Waals surface area contributed by atoms with Crippen molar-refractivity contribution in [3.8, 4) is 6.07 Å². The first-order valence-electron chi connectivity index (χ1n) is 8.60. The molecule has 0 atom stereocenters. The van der Waals surface area contributed by atoms with E-state index in [0.29, 0.717) is 11.1 Å². The van der Waals surface area contributed by atoms with E-state index in [9.17, 15) is 23.3 Å². The minimum Gasteiger partial charge on any atom is -0.465 e. The number of rotatable bonds is 8. The number of aryl methyl sites for hydroxylation is 1. The van der Waals surface area contributed by atoms with Crippen molar-refractivity contribution in [2.24, 2.45) is 0 Å². The number of benzene rings is 2. The highest BCUT2D eigenvalue weighted by Crippen LogP contribution is 2.29. The number of carbonyl (C=O) groups excluding carboxylic acids is 1.